The van der Waals surface area contributed by atoms with Crippen LogP contribution in [0.1, 0.15) is 18.4 Å². The Labute approximate surface area is 196 Å². The number of benzene rings is 2. The topological polar surface area (TPSA) is 101 Å². The van der Waals surface area contributed by atoms with Gasteiger partial charge in [-0.05, 0) is 55.3 Å². The van der Waals surface area contributed by atoms with Gasteiger partial charge in [0.05, 0.1) is 19.1 Å². The number of ether oxygens (including phenoxy) is 1. The first-order valence-corrected chi connectivity index (χ1v) is 12.7. The number of sulfonamides is 1. The van der Waals surface area contributed by atoms with Gasteiger partial charge in [-0.15, -0.1) is 10.2 Å². The van der Waals surface area contributed by atoms with E-state index in [9.17, 15) is 13.2 Å². The first kappa shape index (κ1) is 24.0. The molecule has 8 nitrogen and oxygen atoms in total. The number of amides is 1. The highest BCUT2D eigenvalue weighted by Gasteiger charge is 2.20. The van der Waals surface area contributed by atoms with E-state index >= 15 is 0 Å². The number of anilines is 2. The van der Waals surface area contributed by atoms with E-state index in [1.165, 1.54) is 15.6 Å². The molecular weight excluding hydrogens is 472 g/mol. The molecule has 1 heterocycles. The van der Waals surface area contributed by atoms with Crippen molar-refractivity contribution < 1.29 is 17.9 Å². The van der Waals surface area contributed by atoms with E-state index in [4.69, 9.17) is 16.3 Å². The molecule has 0 aliphatic heterocycles. The van der Waals surface area contributed by atoms with Crippen molar-refractivity contribution in [2.45, 2.75) is 19.8 Å². The number of nitrogens with one attached hydrogen (secondary N) is 1. The van der Waals surface area contributed by atoms with Crippen LogP contribution in [0.15, 0.2) is 42.5 Å². The van der Waals surface area contributed by atoms with Crippen molar-refractivity contribution in [3.05, 3.63) is 53.1 Å². The van der Waals surface area contributed by atoms with Crippen molar-refractivity contribution in [1.29, 1.82) is 0 Å². The van der Waals surface area contributed by atoms with Crippen LogP contribution in [0.25, 0.3) is 10.6 Å². The van der Waals surface area contributed by atoms with Crippen LogP contribution >= 0.6 is 22.9 Å². The van der Waals surface area contributed by atoms with Crippen molar-refractivity contribution >= 4 is 49.7 Å². The Kier molecular flexibility index (Phi) is 7.70. The van der Waals surface area contributed by atoms with E-state index in [1.54, 1.807) is 25.3 Å². The Balaban J connectivity index is 1.59. The molecule has 1 N–H and O–H groups in total. The molecule has 0 saturated carbocycles. The molecule has 0 radical (unpaired) electrons. The van der Waals surface area contributed by atoms with E-state index in [1.807, 2.05) is 31.2 Å². The van der Waals surface area contributed by atoms with Crippen LogP contribution < -0.4 is 14.4 Å². The zero-order valence-electron chi connectivity index (χ0n) is 17.8. The van der Waals surface area contributed by atoms with Gasteiger partial charge in [-0.1, -0.05) is 29.0 Å². The van der Waals surface area contributed by atoms with Crippen molar-refractivity contribution in [2.75, 3.05) is 29.5 Å². The van der Waals surface area contributed by atoms with Gasteiger partial charge in [-0.25, -0.2) is 8.42 Å². The van der Waals surface area contributed by atoms with Gasteiger partial charge in [-0.2, -0.15) is 0 Å². The van der Waals surface area contributed by atoms with Crippen LogP contribution in [-0.2, 0) is 14.8 Å². The second kappa shape index (κ2) is 10.3. The molecule has 0 spiro atoms. The first-order valence-electron chi connectivity index (χ1n) is 9.69. The Morgan fingerprint density at radius 1 is 1.19 bits per heavy atom. The molecule has 11 heteroatoms. The summed E-state index contributed by atoms with van der Waals surface area (Å²) in [6, 6.07) is 12.5. The van der Waals surface area contributed by atoms with Crippen LogP contribution in [0.2, 0.25) is 5.02 Å². The Morgan fingerprint density at radius 3 is 2.56 bits per heavy atom. The molecule has 0 aliphatic rings. The van der Waals surface area contributed by atoms with Gasteiger partial charge in [0.2, 0.25) is 21.1 Å². The van der Waals surface area contributed by atoms with Crippen molar-refractivity contribution in [1.82, 2.24) is 10.2 Å². The van der Waals surface area contributed by atoms with Crippen LogP contribution in [0.3, 0.4) is 0 Å². The summed E-state index contributed by atoms with van der Waals surface area (Å²) in [6.07, 6.45) is 1.59. The minimum absolute atomic E-state index is 0.128. The van der Waals surface area contributed by atoms with Gasteiger partial charge in [0.25, 0.3) is 0 Å². The quantitative estimate of drug-likeness (QED) is 0.474. The number of rotatable bonds is 9. The predicted molar refractivity (Wildman–Crippen MR) is 128 cm³/mol. The third-order valence-electron chi connectivity index (χ3n) is 4.61. The van der Waals surface area contributed by atoms with Crippen molar-refractivity contribution in [3.8, 4) is 16.3 Å². The first-order chi connectivity index (χ1) is 15.2. The lowest BCUT2D eigenvalue weighted by Crippen LogP contribution is -2.32. The summed E-state index contributed by atoms with van der Waals surface area (Å²) in [7, 11) is -1.94. The van der Waals surface area contributed by atoms with Crippen LogP contribution in [0, 0.1) is 6.92 Å². The molecule has 1 amide bonds. The van der Waals surface area contributed by atoms with E-state index in [2.05, 4.69) is 15.5 Å². The van der Waals surface area contributed by atoms with Crippen molar-refractivity contribution in [2.24, 2.45) is 0 Å². The Bertz CT molecular complexity index is 1200. The number of methoxy groups -OCH3 is 1. The fourth-order valence-corrected chi connectivity index (χ4v) is 4.95. The maximum Gasteiger partial charge on any atom is 0.232 e. The minimum Gasteiger partial charge on any atom is -0.497 e. The highest BCUT2D eigenvalue weighted by molar-refractivity contribution is 7.92. The molecule has 0 aliphatic carbocycles. The number of aryl methyl sites for hydroxylation is 1. The maximum absolute atomic E-state index is 12.4. The van der Waals surface area contributed by atoms with Gasteiger partial charge in [0.15, 0.2) is 0 Å². The SMILES string of the molecule is COc1ccc(-c2nnc(NC(=O)CCCN(c3cc(Cl)ccc3C)S(C)(=O)=O)s2)cc1. The largest absolute Gasteiger partial charge is 0.497 e. The molecule has 2 aromatic carbocycles. The lowest BCUT2D eigenvalue weighted by Gasteiger charge is -2.24. The molecule has 0 saturated heterocycles. The van der Waals surface area contributed by atoms with Gasteiger partial charge in [0.1, 0.15) is 10.8 Å². The summed E-state index contributed by atoms with van der Waals surface area (Å²) in [6.45, 7) is 1.97. The van der Waals surface area contributed by atoms with E-state index in [0.29, 0.717) is 27.3 Å². The zero-order valence-corrected chi connectivity index (χ0v) is 20.2. The molecule has 1 aromatic heterocycles. The number of carbonyl (C=O) groups excluding carboxylic acids is 1. The number of halogens is 1. The highest BCUT2D eigenvalue weighted by atomic mass is 35.5. The predicted octanol–water partition coefficient (Wildman–Crippen LogP) is 4.36. The molecule has 3 aromatic rings. The normalized spacial score (nSPS) is 11.2. The summed E-state index contributed by atoms with van der Waals surface area (Å²) in [5.41, 5.74) is 2.15. The van der Waals surface area contributed by atoms with Gasteiger partial charge in [0, 0.05) is 23.6 Å². The molecule has 0 atom stereocenters. The fraction of sp³-hybridized carbons (Fsp3) is 0.286. The van der Waals surface area contributed by atoms with Crippen LogP contribution in [-0.4, -0.2) is 44.4 Å². The minimum atomic E-state index is -3.53. The molecule has 170 valence electrons. The van der Waals surface area contributed by atoms with Crippen LogP contribution in [0.4, 0.5) is 10.8 Å². The monoisotopic (exact) mass is 494 g/mol. The highest BCUT2D eigenvalue weighted by Crippen LogP contribution is 2.28. The zero-order chi connectivity index (χ0) is 23.3. The summed E-state index contributed by atoms with van der Waals surface area (Å²) in [5.74, 6) is 0.474. The Hall–Kier alpha value is -2.69. The smallest absolute Gasteiger partial charge is 0.232 e. The maximum atomic E-state index is 12.4. The summed E-state index contributed by atoms with van der Waals surface area (Å²) in [4.78, 5) is 12.4. The third-order valence-corrected chi connectivity index (χ3v) is 6.92. The third kappa shape index (κ3) is 6.18. The number of carbonyl (C=O) groups is 1. The molecule has 3 rings (SSSR count). The standard InChI is InChI=1S/C21H23ClN4O4S2/c1-14-6-9-16(22)13-18(14)26(32(3,28)29)12-4-5-19(27)23-21-25-24-20(31-21)15-7-10-17(30-2)11-8-15/h6-11,13H,4-5,12H2,1-3H3,(H,23,25,27). The van der Waals surface area contributed by atoms with Gasteiger partial charge >= 0.3 is 0 Å². The number of hydrogen-bond donors (Lipinski definition) is 1. The second-order valence-electron chi connectivity index (χ2n) is 7.06. The molecule has 32 heavy (non-hydrogen) atoms. The number of nitrogens with zero attached hydrogens (tertiary/aromatic N) is 3. The summed E-state index contributed by atoms with van der Waals surface area (Å²) < 4.78 is 31.0. The number of aromatic nitrogens is 2. The lowest BCUT2D eigenvalue weighted by molar-refractivity contribution is -0.116. The van der Waals surface area contributed by atoms with E-state index < -0.39 is 10.0 Å². The average Bonchev–Trinajstić information content (AvgIpc) is 3.21. The molecule has 0 bridgehead atoms. The molecule has 0 unspecified atom stereocenters. The molecule has 0 fully saturated rings. The van der Waals surface area contributed by atoms with Gasteiger partial charge in [-0.3, -0.25) is 9.10 Å². The Morgan fingerprint density at radius 2 is 1.91 bits per heavy atom. The lowest BCUT2D eigenvalue weighted by atomic mass is 10.2. The van der Waals surface area contributed by atoms with E-state index in [-0.39, 0.29) is 18.9 Å². The molecular formula is C21H23ClN4O4S2. The van der Waals surface area contributed by atoms with Crippen LogP contribution in [0.5, 0.6) is 5.75 Å². The van der Waals surface area contributed by atoms with Gasteiger partial charge < -0.3 is 10.1 Å². The fourth-order valence-electron chi connectivity index (χ4n) is 3.01. The van der Waals surface area contributed by atoms with Crippen molar-refractivity contribution in [3.63, 3.8) is 0 Å². The summed E-state index contributed by atoms with van der Waals surface area (Å²) >= 11 is 7.30. The summed E-state index contributed by atoms with van der Waals surface area (Å²) in [5, 5.41) is 12.3. The van der Waals surface area contributed by atoms with E-state index in [0.717, 1.165) is 23.1 Å². The average molecular weight is 495 g/mol. The second-order valence-corrected chi connectivity index (χ2v) is 10.4. The number of hydrogen-bond acceptors (Lipinski definition) is 7.